The van der Waals surface area contributed by atoms with Crippen LogP contribution in [0.15, 0.2) is 18.2 Å². The van der Waals surface area contributed by atoms with Gasteiger partial charge in [-0.25, -0.2) is 0 Å². The summed E-state index contributed by atoms with van der Waals surface area (Å²) in [4.78, 5) is 11.1. The minimum atomic E-state index is -0.00755. The summed E-state index contributed by atoms with van der Waals surface area (Å²) in [7, 11) is 1.55. The third-order valence-corrected chi connectivity index (χ3v) is 1.96. The van der Waals surface area contributed by atoms with Crippen molar-refractivity contribution in [3.63, 3.8) is 0 Å². The number of hydrogen-bond donors (Lipinski definition) is 0. The average Bonchev–Trinajstić information content (AvgIpc) is 2.18. The minimum absolute atomic E-state index is 0.00755. The molecule has 0 fully saturated rings. The maximum Gasteiger partial charge on any atom is 0.159 e. The van der Waals surface area contributed by atoms with Gasteiger partial charge in [0.05, 0.1) is 19.6 Å². The number of ether oxygens (including phenoxy) is 1. The van der Waals surface area contributed by atoms with E-state index in [9.17, 15) is 4.79 Å². The van der Waals surface area contributed by atoms with Crippen molar-refractivity contribution in [1.29, 1.82) is 5.26 Å². The molecule has 1 aromatic rings. The minimum Gasteiger partial charge on any atom is -0.496 e. The molecule has 0 aliphatic heterocycles. The van der Waals surface area contributed by atoms with E-state index in [4.69, 9.17) is 10.00 Å². The van der Waals surface area contributed by atoms with E-state index in [1.54, 1.807) is 25.3 Å². The lowest BCUT2D eigenvalue weighted by Crippen LogP contribution is -1.97. The zero-order chi connectivity index (χ0) is 10.6. The average molecular weight is 189 g/mol. The first-order valence-electron chi connectivity index (χ1n) is 4.24. The van der Waals surface area contributed by atoms with Gasteiger partial charge in [0, 0.05) is 11.1 Å². The van der Waals surface area contributed by atoms with Crippen LogP contribution in [0.25, 0.3) is 0 Å². The summed E-state index contributed by atoms with van der Waals surface area (Å²) in [6, 6.07) is 7.14. The lowest BCUT2D eigenvalue weighted by atomic mass is 10.1. The summed E-state index contributed by atoms with van der Waals surface area (Å²) in [5.74, 6) is 0.642. The first-order valence-corrected chi connectivity index (χ1v) is 4.24. The zero-order valence-electron chi connectivity index (χ0n) is 8.20. The Kier molecular flexibility index (Phi) is 3.24. The zero-order valence-corrected chi connectivity index (χ0v) is 8.20. The number of ketones is 1. The molecule has 0 unspecified atom stereocenters. The van der Waals surface area contributed by atoms with Gasteiger partial charge in [-0.1, -0.05) is 0 Å². The van der Waals surface area contributed by atoms with Crippen LogP contribution in [-0.2, 0) is 6.42 Å². The van der Waals surface area contributed by atoms with E-state index in [1.165, 1.54) is 6.92 Å². The van der Waals surface area contributed by atoms with Crippen LogP contribution in [0.3, 0.4) is 0 Å². The quantitative estimate of drug-likeness (QED) is 0.683. The molecule has 0 saturated carbocycles. The second kappa shape index (κ2) is 4.43. The SMILES string of the molecule is COc1ccc(C(C)=O)cc1CC#N. The number of carbonyl (C=O) groups excluding carboxylic acids is 1. The molecule has 0 spiro atoms. The van der Waals surface area contributed by atoms with Gasteiger partial charge in [0.2, 0.25) is 0 Å². The Bertz CT molecular complexity index is 391. The molecule has 0 atom stereocenters. The Morgan fingerprint density at radius 3 is 2.79 bits per heavy atom. The number of Topliss-reactive ketones (excluding diaryl/α,β-unsaturated/α-hetero) is 1. The van der Waals surface area contributed by atoms with Crippen molar-refractivity contribution in [3.05, 3.63) is 29.3 Å². The van der Waals surface area contributed by atoms with Crippen molar-refractivity contribution in [2.75, 3.05) is 7.11 Å². The number of hydrogen-bond acceptors (Lipinski definition) is 3. The Balaban J connectivity index is 3.15. The summed E-state index contributed by atoms with van der Waals surface area (Å²) < 4.78 is 5.07. The van der Waals surface area contributed by atoms with Gasteiger partial charge in [-0.3, -0.25) is 4.79 Å². The number of benzene rings is 1. The van der Waals surface area contributed by atoms with E-state index in [0.29, 0.717) is 11.3 Å². The van der Waals surface area contributed by atoms with Crippen LogP contribution < -0.4 is 4.74 Å². The molecule has 0 radical (unpaired) electrons. The van der Waals surface area contributed by atoms with E-state index >= 15 is 0 Å². The van der Waals surface area contributed by atoms with Crippen molar-refractivity contribution in [2.45, 2.75) is 13.3 Å². The molecule has 0 amide bonds. The van der Waals surface area contributed by atoms with Crippen molar-refractivity contribution in [3.8, 4) is 11.8 Å². The van der Waals surface area contributed by atoms with Gasteiger partial charge in [0.1, 0.15) is 5.75 Å². The van der Waals surface area contributed by atoms with Gasteiger partial charge in [0.25, 0.3) is 0 Å². The van der Waals surface area contributed by atoms with Crippen LogP contribution in [-0.4, -0.2) is 12.9 Å². The third kappa shape index (κ3) is 2.11. The van der Waals surface area contributed by atoms with E-state index in [-0.39, 0.29) is 12.2 Å². The van der Waals surface area contributed by atoms with Gasteiger partial charge < -0.3 is 4.74 Å². The standard InChI is InChI=1S/C11H11NO2/c1-8(13)9-3-4-11(14-2)10(7-9)5-6-12/h3-4,7H,5H2,1-2H3. The molecule has 0 bridgehead atoms. The lowest BCUT2D eigenvalue weighted by molar-refractivity contribution is 0.101. The Hall–Kier alpha value is -1.82. The van der Waals surface area contributed by atoms with Crippen LogP contribution in [0.4, 0.5) is 0 Å². The number of carbonyl (C=O) groups is 1. The number of nitriles is 1. The summed E-state index contributed by atoms with van der Waals surface area (Å²) in [6.45, 7) is 1.50. The molecular weight excluding hydrogens is 178 g/mol. The smallest absolute Gasteiger partial charge is 0.159 e. The summed E-state index contributed by atoms with van der Waals surface area (Å²) >= 11 is 0. The normalized spacial score (nSPS) is 9.21. The molecule has 0 heterocycles. The monoisotopic (exact) mass is 189 g/mol. The van der Waals surface area contributed by atoms with E-state index in [1.807, 2.05) is 6.07 Å². The molecule has 0 N–H and O–H groups in total. The molecule has 72 valence electrons. The molecular formula is C11H11NO2. The fraction of sp³-hybridized carbons (Fsp3) is 0.273. The van der Waals surface area contributed by atoms with Gasteiger partial charge >= 0.3 is 0 Å². The molecule has 0 aliphatic rings. The van der Waals surface area contributed by atoms with E-state index in [0.717, 1.165) is 5.56 Å². The predicted octanol–water partition coefficient (Wildman–Crippen LogP) is 1.96. The molecule has 14 heavy (non-hydrogen) atoms. The van der Waals surface area contributed by atoms with Crippen LogP contribution >= 0.6 is 0 Å². The first-order chi connectivity index (χ1) is 6.69. The summed E-state index contributed by atoms with van der Waals surface area (Å²) in [5.41, 5.74) is 1.36. The number of methoxy groups -OCH3 is 1. The molecule has 3 nitrogen and oxygen atoms in total. The van der Waals surface area contributed by atoms with Gasteiger partial charge in [-0.15, -0.1) is 0 Å². The van der Waals surface area contributed by atoms with Crippen molar-refractivity contribution in [1.82, 2.24) is 0 Å². The molecule has 3 heteroatoms. The second-order valence-corrected chi connectivity index (χ2v) is 2.92. The second-order valence-electron chi connectivity index (χ2n) is 2.92. The maximum atomic E-state index is 11.1. The van der Waals surface area contributed by atoms with E-state index in [2.05, 4.69) is 0 Å². The highest BCUT2D eigenvalue weighted by Gasteiger charge is 2.06. The summed E-state index contributed by atoms with van der Waals surface area (Å²) in [6.07, 6.45) is 0.254. The molecule has 0 aliphatic carbocycles. The fourth-order valence-electron chi connectivity index (χ4n) is 1.22. The van der Waals surface area contributed by atoms with Crippen LogP contribution in [0.2, 0.25) is 0 Å². The molecule has 0 aromatic heterocycles. The topological polar surface area (TPSA) is 50.1 Å². The predicted molar refractivity (Wildman–Crippen MR) is 52.3 cm³/mol. The highest BCUT2D eigenvalue weighted by Crippen LogP contribution is 2.20. The molecule has 1 rings (SSSR count). The highest BCUT2D eigenvalue weighted by molar-refractivity contribution is 5.94. The fourth-order valence-corrected chi connectivity index (χ4v) is 1.22. The Labute approximate surface area is 82.9 Å². The summed E-state index contributed by atoms with van der Waals surface area (Å²) in [5, 5.41) is 8.58. The molecule has 0 saturated heterocycles. The van der Waals surface area contributed by atoms with Crippen molar-refractivity contribution >= 4 is 5.78 Å². The van der Waals surface area contributed by atoms with Crippen LogP contribution in [0.1, 0.15) is 22.8 Å². The van der Waals surface area contributed by atoms with Gasteiger partial charge in [-0.05, 0) is 25.1 Å². The van der Waals surface area contributed by atoms with Crippen molar-refractivity contribution in [2.24, 2.45) is 0 Å². The number of rotatable bonds is 3. The Morgan fingerprint density at radius 2 is 2.29 bits per heavy atom. The largest absolute Gasteiger partial charge is 0.496 e. The van der Waals surface area contributed by atoms with Gasteiger partial charge in [-0.2, -0.15) is 5.26 Å². The van der Waals surface area contributed by atoms with Crippen LogP contribution in [0, 0.1) is 11.3 Å². The lowest BCUT2D eigenvalue weighted by Gasteiger charge is -2.06. The third-order valence-electron chi connectivity index (χ3n) is 1.96. The number of nitrogens with zero attached hydrogens (tertiary/aromatic N) is 1. The first kappa shape index (κ1) is 10.3. The van der Waals surface area contributed by atoms with Crippen molar-refractivity contribution < 1.29 is 9.53 Å². The molecule has 1 aromatic carbocycles. The maximum absolute atomic E-state index is 11.1. The Morgan fingerprint density at radius 1 is 1.57 bits per heavy atom. The highest BCUT2D eigenvalue weighted by atomic mass is 16.5. The van der Waals surface area contributed by atoms with E-state index < -0.39 is 0 Å². The van der Waals surface area contributed by atoms with Crippen LogP contribution in [0.5, 0.6) is 5.75 Å². The van der Waals surface area contributed by atoms with Gasteiger partial charge in [0.15, 0.2) is 5.78 Å².